The number of ketones is 1. The Balaban J connectivity index is 1.78. The minimum atomic E-state index is -0.627. The summed E-state index contributed by atoms with van der Waals surface area (Å²) in [6, 6.07) is 15.1. The highest BCUT2D eigenvalue weighted by atomic mass is 35.5. The minimum absolute atomic E-state index is 0.0255. The first-order valence-corrected chi connectivity index (χ1v) is 11.2. The summed E-state index contributed by atoms with van der Waals surface area (Å²) in [5, 5.41) is 0.666. The third-order valence-corrected chi connectivity index (χ3v) is 6.50. The summed E-state index contributed by atoms with van der Waals surface area (Å²) < 4.78 is 10.7. The monoisotopic (exact) mass is 451 g/mol. The van der Waals surface area contributed by atoms with Gasteiger partial charge < -0.3 is 9.47 Å². The molecule has 0 saturated heterocycles. The number of rotatable bonds is 5. The molecule has 0 bridgehead atoms. The molecule has 2 aliphatic rings. The molecule has 0 aromatic heterocycles. The van der Waals surface area contributed by atoms with Gasteiger partial charge in [0.1, 0.15) is 11.7 Å². The van der Waals surface area contributed by atoms with Crippen molar-refractivity contribution in [2.75, 3.05) is 13.7 Å². The molecule has 2 aromatic carbocycles. The number of aliphatic imine (C=N–C) groups is 1. The maximum atomic E-state index is 13.5. The lowest BCUT2D eigenvalue weighted by atomic mass is 9.69. The molecule has 1 aliphatic heterocycles. The average Bonchev–Trinajstić information content (AvgIpc) is 2.78. The number of halogens is 1. The Morgan fingerprint density at radius 2 is 1.72 bits per heavy atom. The molecule has 32 heavy (non-hydrogen) atoms. The van der Waals surface area contributed by atoms with Crippen LogP contribution >= 0.6 is 11.6 Å². The summed E-state index contributed by atoms with van der Waals surface area (Å²) in [6.07, 6.45) is 1.01. The zero-order valence-electron chi connectivity index (χ0n) is 18.4. The van der Waals surface area contributed by atoms with Crippen molar-refractivity contribution in [3.05, 3.63) is 76.0 Å². The van der Waals surface area contributed by atoms with E-state index in [-0.39, 0.29) is 24.3 Å². The van der Waals surface area contributed by atoms with Crippen molar-refractivity contribution in [2.24, 2.45) is 10.9 Å². The van der Waals surface area contributed by atoms with E-state index in [0.29, 0.717) is 29.1 Å². The van der Waals surface area contributed by atoms with Crippen LogP contribution in [0.5, 0.6) is 5.75 Å². The predicted octanol–water partition coefficient (Wildman–Crippen LogP) is 5.49. The molecular weight excluding hydrogens is 426 g/mol. The Bertz CT molecular complexity index is 1090. The molecule has 0 amide bonds. The highest BCUT2D eigenvalue weighted by Crippen LogP contribution is 2.47. The quantitative estimate of drug-likeness (QED) is 0.564. The summed E-state index contributed by atoms with van der Waals surface area (Å²) >= 11 is 6.04. The van der Waals surface area contributed by atoms with Crippen LogP contribution in [0.2, 0.25) is 5.02 Å². The number of carbonyl (C=O) groups is 2. The Morgan fingerprint density at radius 3 is 2.34 bits per heavy atom. The molecule has 1 heterocycles. The largest absolute Gasteiger partial charge is 0.497 e. The van der Waals surface area contributed by atoms with Crippen LogP contribution in [0, 0.1) is 5.92 Å². The highest BCUT2D eigenvalue weighted by Gasteiger charge is 2.44. The van der Waals surface area contributed by atoms with Crippen LogP contribution in [0.25, 0.3) is 0 Å². The summed E-state index contributed by atoms with van der Waals surface area (Å²) in [5.74, 6) is -0.629. The third kappa shape index (κ3) is 4.22. The number of methoxy groups -OCH3 is 1. The summed E-state index contributed by atoms with van der Waals surface area (Å²) in [6.45, 7) is 3.90. The highest BCUT2D eigenvalue weighted by molar-refractivity contribution is 6.30. The van der Waals surface area contributed by atoms with Gasteiger partial charge in [-0.15, -0.1) is 0 Å². The van der Waals surface area contributed by atoms with E-state index in [1.54, 1.807) is 14.0 Å². The van der Waals surface area contributed by atoms with Crippen molar-refractivity contribution in [1.29, 1.82) is 0 Å². The van der Waals surface area contributed by atoms with Gasteiger partial charge in [0.25, 0.3) is 0 Å². The van der Waals surface area contributed by atoms with E-state index in [1.165, 1.54) is 0 Å². The lowest BCUT2D eigenvalue weighted by Gasteiger charge is -2.36. The number of hydrogen-bond acceptors (Lipinski definition) is 5. The smallest absolute Gasteiger partial charge is 0.315 e. The van der Waals surface area contributed by atoms with Gasteiger partial charge in [-0.1, -0.05) is 35.9 Å². The third-order valence-electron chi connectivity index (χ3n) is 6.25. The zero-order valence-corrected chi connectivity index (χ0v) is 19.2. The first-order valence-electron chi connectivity index (χ1n) is 10.8. The first-order chi connectivity index (χ1) is 15.4. The Morgan fingerprint density at radius 1 is 1.06 bits per heavy atom. The fraction of sp³-hybridized carbons (Fsp3) is 0.346. The number of nitrogens with zero attached hydrogens (tertiary/aromatic N) is 1. The molecule has 6 heteroatoms. The number of esters is 1. The number of hydrogen-bond donors (Lipinski definition) is 0. The maximum absolute atomic E-state index is 13.5. The number of carbonyl (C=O) groups excluding carboxylic acids is 2. The SMILES string of the molecule is CCOC(=O)C1C(C)=NC2=C(C(=O)C[C@H](c3ccc(Cl)cc3)C2)[C@@H]1c1ccc(OC)cc1. The lowest BCUT2D eigenvalue weighted by molar-refractivity contribution is -0.146. The molecule has 5 nitrogen and oxygen atoms in total. The average molecular weight is 452 g/mol. The molecule has 0 spiro atoms. The van der Waals surface area contributed by atoms with E-state index >= 15 is 0 Å². The van der Waals surface area contributed by atoms with Crippen LogP contribution in [0.1, 0.15) is 49.7 Å². The second-order valence-corrected chi connectivity index (χ2v) is 8.61. The Labute approximate surface area is 193 Å². The number of ether oxygens (including phenoxy) is 2. The number of benzene rings is 2. The van der Waals surface area contributed by atoms with Gasteiger partial charge >= 0.3 is 5.97 Å². The second-order valence-electron chi connectivity index (χ2n) is 8.17. The number of allylic oxidation sites excluding steroid dienone is 2. The molecule has 1 aliphatic carbocycles. The van der Waals surface area contributed by atoms with Crippen molar-refractivity contribution in [2.45, 2.75) is 38.5 Å². The molecule has 166 valence electrons. The van der Waals surface area contributed by atoms with Crippen LogP contribution in [0.3, 0.4) is 0 Å². The van der Waals surface area contributed by atoms with Crippen molar-refractivity contribution in [3.63, 3.8) is 0 Å². The Hall–Kier alpha value is -2.92. The van der Waals surface area contributed by atoms with Crippen molar-refractivity contribution in [1.82, 2.24) is 0 Å². The van der Waals surface area contributed by atoms with Crippen LogP contribution in [0.4, 0.5) is 0 Å². The topological polar surface area (TPSA) is 65.0 Å². The first kappa shape index (κ1) is 22.3. The molecule has 2 aromatic rings. The molecule has 0 N–H and O–H groups in total. The van der Waals surface area contributed by atoms with Crippen molar-refractivity contribution >= 4 is 29.1 Å². The standard InChI is InChI=1S/C26H26ClNO4/c1-4-32-26(30)23-15(2)28-21-13-18(16-5-9-19(27)10-6-16)14-22(29)25(21)24(23)17-7-11-20(31-3)12-8-17/h5-12,18,23-24H,4,13-14H2,1-3H3/t18-,23?,24-/m1/s1. The van der Waals surface area contributed by atoms with Crippen LogP contribution in [0.15, 0.2) is 64.8 Å². The summed E-state index contributed by atoms with van der Waals surface area (Å²) in [5.41, 5.74) is 4.01. The summed E-state index contributed by atoms with van der Waals surface area (Å²) in [7, 11) is 1.61. The maximum Gasteiger partial charge on any atom is 0.315 e. The Kier molecular flexibility index (Phi) is 6.47. The van der Waals surface area contributed by atoms with E-state index < -0.39 is 11.8 Å². The van der Waals surface area contributed by atoms with Crippen LogP contribution in [-0.4, -0.2) is 31.2 Å². The zero-order chi connectivity index (χ0) is 22.8. The molecule has 0 radical (unpaired) electrons. The van der Waals surface area contributed by atoms with E-state index in [1.807, 2.05) is 55.5 Å². The van der Waals surface area contributed by atoms with Gasteiger partial charge in [0.15, 0.2) is 5.78 Å². The second kappa shape index (κ2) is 9.29. The fourth-order valence-corrected chi connectivity index (χ4v) is 4.86. The van der Waals surface area contributed by atoms with Gasteiger partial charge in [-0.2, -0.15) is 0 Å². The van der Waals surface area contributed by atoms with E-state index in [4.69, 9.17) is 26.1 Å². The van der Waals surface area contributed by atoms with Gasteiger partial charge in [-0.3, -0.25) is 14.6 Å². The summed E-state index contributed by atoms with van der Waals surface area (Å²) in [4.78, 5) is 31.2. The molecule has 1 unspecified atom stereocenters. The minimum Gasteiger partial charge on any atom is -0.497 e. The van der Waals surface area contributed by atoms with Gasteiger partial charge in [0.05, 0.1) is 13.7 Å². The molecule has 0 fully saturated rings. The van der Waals surface area contributed by atoms with Gasteiger partial charge in [0, 0.05) is 34.3 Å². The molecule has 4 rings (SSSR count). The number of Topliss-reactive ketones (excluding diaryl/α,β-unsaturated/α-hetero) is 1. The van der Waals surface area contributed by atoms with Crippen LogP contribution in [-0.2, 0) is 14.3 Å². The predicted molar refractivity (Wildman–Crippen MR) is 124 cm³/mol. The fourth-order valence-electron chi connectivity index (χ4n) is 4.74. The van der Waals surface area contributed by atoms with Gasteiger partial charge in [-0.25, -0.2) is 0 Å². The van der Waals surface area contributed by atoms with Crippen molar-refractivity contribution < 1.29 is 19.1 Å². The van der Waals surface area contributed by atoms with E-state index in [9.17, 15) is 9.59 Å². The molecular formula is C26H26ClNO4. The van der Waals surface area contributed by atoms with Crippen LogP contribution < -0.4 is 4.74 Å². The van der Waals surface area contributed by atoms with E-state index in [0.717, 1.165) is 22.6 Å². The normalized spacial score (nSPS) is 22.8. The van der Waals surface area contributed by atoms with Gasteiger partial charge in [-0.05, 0) is 61.6 Å². The van der Waals surface area contributed by atoms with Crippen molar-refractivity contribution in [3.8, 4) is 5.75 Å². The lowest BCUT2D eigenvalue weighted by Crippen LogP contribution is -2.38. The van der Waals surface area contributed by atoms with Gasteiger partial charge in [0.2, 0.25) is 0 Å². The molecule has 3 atom stereocenters. The van der Waals surface area contributed by atoms with E-state index in [2.05, 4.69) is 0 Å². The molecule has 0 saturated carbocycles.